The predicted molar refractivity (Wildman–Crippen MR) is 162 cm³/mol. The van der Waals surface area contributed by atoms with Crippen molar-refractivity contribution in [2.45, 2.75) is 51.4 Å². The van der Waals surface area contributed by atoms with Gasteiger partial charge in [-0.25, -0.2) is 9.97 Å². The van der Waals surface area contributed by atoms with Crippen LogP contribution in [0.25, 0.3) is 16.9 Å². The van der Waals surface area contributed by atoms with Crippen LogP contribution in [-0.4, -0.2) is 24.5 Å². The molecule has 4 aromatic heterocycles. The van der Waals surface area contributed by atoms with Crippen molar-refractivity contribution in [2.24, 2.45) is 17.3 Å². The van der Waals surface area contributed by atoms with Gasteiger partial charge in [-0.05, 0) is 89.1 Å². The Bertz CT molecular complexity index is 1830. The summed E-state index contributed by atoms with van der Waals surface area (Å²) in [7, 11) is 0. The highest BCUT2D eigenvalue weighted by Crippen LogP contribution is 2.70. The maximum atomic E-state index is 14.1. The first-order valence-electron chi connectivity index (χ1n) is 14.2. The first kappa shape index (κ1) is 26.0. The maximum absolute atomic E-state index is 14.1. The molecule has 7 heteroatoms. The number of fused-ring (bicyclic) bond motifs is 3. The number of hydrogen-bond donors (Lipinski definition) is 0. The van der Waals surface area contributed by atoms with Gasteiger partial charge < -0.3 is 0 Å². The fourth-order valence-electron chi connectivity index (χ4n) is 7.81. The third kappa shape index (κ3) is 4.11. The SMILES string of the molecule is CC1(C)C2CC(c3cncc(Cl)c3)C(C)(c3cccc(-n4c(=O)c(Cc5cccnc5)nc5cccnc54)c3)C1C2. The Hall–Kier alpha value is -3.90. The number of pyridine rings is 3. The van der Waals surface area contributed by atoms with Gasteiger partial charge in [0.05, 0.1) is 10.7 Å². The number of nitrogens with zero attached hydrogens (tertiary/aromatic N) is 5. The second kappa shape index (κ2) is 9.59. The van der Waals surface area contributed by atoms with Gasteiger partial charge >= 0.3 is 0 Å². The largest absolute Gasteiger partial charge is 0.278 e. The van der Waals surface area contributed by atoms with Crippen LogP contribution in [-0.2, 0) is 11.8 Å². The van der Waals surface area contributed by atoms with Crippen molar-refractivity contribution in [2.75, 3.05) is 0 Å². The molecule has 206 valence electrons. The van der Waals surface area contributed by atoms with Crippen LogP contribution in [0, 0.1) is 17.3 Å². The highest BCUT2D eigenvalue weighted by atomic mass is 35.5. The second-order valence-corrected chi connectivity index (χ2v) is 12.9. The van der Waals surface area contributed by atoms with Gasteiger partial charge in [0, 0.05) is 42.8 Å². The molecular weight excluding hydrogens is 530 g/mol. The molecule has 0 saturated heterocycles. The van der Waals surface area contributed by atoms with Crippen molar-refractivity contribution in [1.82, 2.24) is 24.5 Å². The molecule has 2 bridgehead atoms. The molecule has 4 heterocycles. The average molecular weight is 562 g/mol. The summed E-state index contributed by atoms with van der Waals surface area (Å²) in [4.78, 5) is 32.1. The summed E-state index contributed by atoms with van der Waals surface area (Å²) in [6.45, 7) is 7.23. The monoisotopic (exact) mass is 561 g/mol. The third-order valence-corrected chi connectivity index (χ3v) is 10.3. The third-order valence-electron chi connectivity index (χ3n) is 10.1. The Morgan fingerprint density at radius 3 is 2.59 bits per heavy atom. The Morgan fingerprint density at radius 2 is 1.80 bits per heavy atom. The zero-order valence-electron chi connectivity index (χ0n) is 23.5. The minimum absolute atomic E-state index is 0.161. The van der Waals surface area contributed by atoms with E-state index in [1.54, 1.807) is 29.4 Å². The smallest absolute Gasteiger partial charge is 0.267 e. The van der Waals surface area contributed by atoms with Crippen LogP contribution < -0.4 is 5.56 Å². The molecule has 4 unspecified atom stereocenters. The average Bonchev–Trinajstić information content (AvgIpc) is 2.98. The van der Waals surface area contributed by atoms with Crippen LogP contribution in [0.2, 0.25) is 5.02 Å². The number of halogens is 1. The van der Waals surface area contributed by atoms with Gasteiger partial charge in [-0.3, -0.25) is 19.3 Å². The summed E-state index contributed by atoms with van der Waals surface area (Å²) < 4.78 is 1.73. The molecule has 1 aromatic carbocycles. The zero-order chi connectivity index (χ0) is 28.4. The zero-order valence-corrected chi connectivity index (χ0v) is 24.2. The molecule has 3 fully saturated rings. The van der Waals surface area contributed by atoms with Gasteiger partial charge in [0.15, 0.2) is 5.65 Å². The highest BCUT2D eigenvalue weighted by Gasteiger charge is 2.63. The fourth-order valence-corrected chi connectivity index (χ4v) is 7.99. The van der Waals surface area contributed by atoms with Gasteiger partial charge in [-0.15, -0.1) is 0 Å². The van der Waals surface area contributed by atoms with Gasteiger partial charge in [0.25, 0.3) is 5.56 Å². The van der Waals surface area contributed by atoms with Crippen LogP contribution in [0.3, 0.4) is 0 Å². The van der Waals surface area contributed by atoms with Crippen LogP contribution in [0.1, 0.15) is 61.9 Å². The van der Waals surface area contributed by atoms with E-state index in [1.165, 1.54) is 17.5 Å². The topological polar surface area (TPSA) is 73.6 Å². The molecule has 0 N–H and O–H groups in total. The minimum Gasteiger partial charge on any atom is -0.267 e. The van der Waals surface area contributed by atoms with Gasteiger partial charge in [0.1, 0.15) is 11.2 Å². The van der Waals surface area contributed by atoms with Crippen molar-refractivity contribution in [3.05, 3.63) is 123 Å². The van der Waals surface area contributed by atoms with Crippen molar-refractivity contribution in [1.29, 1.82) is 0 Å². The molecule has 4 atom stereocenters. The number of hydrogen-bond acceptors (Lipinski definition) is 5. The number of benzene rings is 1. The lowest BCUT2D eigenvalue weighted by atomic mass is 9.36. The van der Waals surface area contributed by atoms with Crippen molar-refractivity contribution >= 4 is 22.8 Å². The lowest BCUT2D eigenvalue weighted by Crippen LogP contribution is -2.61. The molecule has 0 spiro atoms. The van der Waals surface area contributed by atoms with E-state index in [2.05, 4.69) is 60.0 Å². The van der Waals surface area contributed by atoms with Crippen LogP contribution in [0.5, 0.6) is 0 Å². The van der Waals surface area contributed by atoms with Crippen molar-refractivity contribution < 1.29 is 0 Å². The van der Waals surface area contributed by atoms with E-state index >= 15 is 0 Å². The lowest BCUT2D eigenvalue weighted by Gasteiger charge is -2.67. The van der Waals surface area contributed by atoms with Crippen molar-refractivity contribution in [3.63, 3.8) is 0 Å². The molecule has 3 aliphatic rings. The van der Waals surface area contributed by atoms with E-state index < -0.39 is 0 Å². The fraction of sp³-hybridized carbons (Fsp3) is 0.324. The maximum Gasteiger partial charge on any atom is 0.278 e. The lowest BCUT2D eigenvalue weighted by molar-refractivity contribution is -0.128. The molecule has 8 rings (SSSR count). The summed E-state index contributed by atoms with van der Waals surface area (Å²) in [5.74, 6) is 1.42. The summed E-state index contributed by atoms with van der Waals surface area (Å²) >= 11 is 6.44. The molecule has 0 amide bonds. The Balaban J connectivity index is 1.40. The van der Waals surface area contributed by atoms with E-state index in [1.807, 2.05) is 36.5 Å². The normalized spacial score (nSPS) is 24.6. The van der Waals surface area contributed by atoms with E-state index in [0.717, 1.165) is 17.7 Å². The molecule has 5 aromatic rings. The highest BCUT2D eigenvalue weighted by molar-refractivity contribution is 6.30. The molecule has 6 nitrogen and oxygen atoms in total. The molecular formula is C34H32ClN5O. The van der Waals surface area contributed by atoms with Crippen LogP contribution in [0.15, 0.2) is 90.4 Å². The van der Waals surface area contributed by atoms with Crippen LogP contribution >= 0.6 is 11.6 Å². The van der Waals surface area contributed by atoms with Crippen LogP contribution in [0.4, 0.5) is 0 Å². The first-order chi connectivity index (χ1) is 19.8. The Kier molecular flexibility index (Phi) is 6.09. The standard InChI is InChI=1S/C34H32ClN5O/c1-33(2)24-16-27(22-14-25(35)20-37-19-22)34(3,30(33)17-24)23-8-4-9-26(15-23)40-31-28(10-6-12-38-31)39-29(32(40)41)13-21-7-5-11-36-18-21/h4-12,14-15,18-20,24,27,30H,13,16-17H2,1-3H3. The second-order valence-electron chi connectivity index (χ2n) is 12.4. The van der Waals surface area contributed by atoms with Crippen molar-refractivity contribution in [3.8, 4) is 5.69 Å². The minimum atomic E-state index is -0.168. The molecule has 0 radical (unpaired) electrons. The van der Waals surface area contributed by atoms with Gasteiger partial charge in [0.2, 0.25) is 0 Å². The van der Waals surface area contributed by atoms with E-state index in [0.29, 0.717) is 40.1 Å². The van der Waals surface area contributed by atoms with Gasteiger partial charge in [-0.1, -0.05) is 50.6 Å². The van der Waals surface area contributed by atoms with E-state index in [4.69, 9.17) is 16.6 Å². The Morgan fingerprint density at radius 1 is 0.951 bits per heavy atom. The first-order valence-corrected chi connectivity index (χ1v) is 14.6. The Labute approximate surface area is 244 Å². The molecule has 3 saturated carbocycles. The predicted octanol–water partition coefficient (Wildman–Crippen LogP) is 6.92. The summed E-state index contributed by atoms with van der Waals surface area (Å²) in [6, 6.07) is 18.2. The summed E-state index contributed by atoms with van der Waals surface area (Å²) in [5.41, 5.74) is 5.75. The molecule has 0 aliphatic heterocycles. The van der Waals surface area contributed by atoms with E-state index in [-0.39, 0.29) is 22.3 Å². The number of aromatic nitrogens is 5. The molecule has 41 heavy (non-hydrogen) atoms. The van der Waals surface area contributed by atoms with Gasteiger partial charge in [-0.2, -0.15) is 0 Å². The molecule has 3 aliphatic carbocycles. The van der Waals surface area contributed by atoms with E-state index in [9.17, 15) is 4.79 Å². The summed E-state index contributed by atoms with van der Waals surface area (Å²) in [6.07, 6.45) is 11.6. The quantitative estimate of drug-likeness (QED) is 0.233. The number of rotatable bonds is 5. The summed E-state index contributed by atoms with van der Waals surface area (Å²) in [5, 5.41) is 0.666.